The van der Waals surface area contributed by atoms with E-state index in [0.29, 0.717) is 0 Å². The van der Waals surface area contributed by atoms with E-state index in [1.807, 2.05) is 0 Å². The standard InChI is InChI=1S/C13H12.2CHNO.Li.H/c1-3-7-12(8-4-1)11-13-9-5-2-6-10-13;2*2-1-3;;/h1-10H,11H2;2*2H;;/q;;;+1;-1. The molecule has 0 spiro atoms. The Labute approximate surface area is 131 Å². The van der Waals surface area contributed by atoms with E-state index >= 15 is 0 Å². The molecule has 0 radical (unpaired) electrons. The fourth-order valence-electron chi connectivity index (χ4n) is 1.43. The number of hydrogen-bond donors (Lipinski definition) is 2. The first-order chi connectivity index (χ1) is 9.28. The van der Waals surface area contributed by atoms with Gasteiger partial charge < -0.3 is 1.43 Å². The Balaban J connectivity index is -0.000000355. The zero-order valence-electron chi connectivity index (χ0n) is 12.3. The summed E-state index contributed by atoms with van der Waals surface area (Å²) in [5, 5.41) is 10.8. The Morgan fingerprint density at radius 3 is 1.25 bits per heavy atom. The normalized spacial score (nSPS) is 7.20. The summed E-state index contributed by atoms with van der Waals surface area (Å²) in [5.41, 5.74) is 2.74. The van der Waals surface area contributed by atoms with E-state index in [2.05, 4.69) is 60.7 Å². The van der Waals surface area contributed by atoms with E-state index in [4.69, 9.17) is 20.4 Å². The maximum absolute atomic E-state index is 8.35. The number of hydrogen-bond acceptors (Lipinski definition) is 4. The number of nitrogens with one attached hydrogen (secondary N) is 2. The first-order valence-corrected chi connectivity index (χ1v) is 5.44. The maximum Gasteiger partial charge on any atom is 1.00 e. The van der Waals surface area contributed by atoms with Crippen molar-refractivity contribution >= 4 is 12.2 Å². The fraction of sp³-hybridized carbons (Fsp3) is 0.0667. The van der Waals surface area contributed by atoms with E-state index in [-0.39, 0.29) is 20.3 Å². The Bertz CT molecular complexity index is 474. The number of isocyanates is 2. The first-order valence-electron chi connectivity index (χ1n) is 5.44. The van der Waals surface area contributed by atoms with Crippen molar-refractivity contribution in [3.8, 4) is 0 Å². The average Bonchev–Trinajstić information content (AvgIpc) is 2.43. The van der Waals surface area contributed by atoms with E-state index in [1.54, 1.807) is 0 Å². The Hall–Kier alpha value is -2.20. The predicted octanol–water partition coefficient (Wildman–Crippen LogP) is 0.196. The van der Waals surface area contributed by atoms with Crippen molar-refractivity contribution in [2.45, 2.75) is 6.42 Å². The molecule has 2 rings (SSSR count). The molecule has 98 valence electrons. The van der Waals surface area contributed by atoms with Crippen molar-refractivity contribution in [2.75, 3.05) is 0 Å². The van der Waals surface area contributed by atoms with Crippen LogP contribution in [-0.2, 0) is 16.0 Å². The van der Waals surface area contributed by atoms with Crippen LogP contribution in [0.5, 0.6) is 0 Å². The molecule has 0 atom stereocenters. The van der Waals surface area contributed by atoms with E-state index in [1.165, 1.54) is 11.1 Å². The summed E-state index contributed by atoms with van der Waals surface area (Å²) in [6.45, 7) is 0. The van der Waals surface area contributed by atoms with Crippen molar-refractivity contribution < 1.29 is 29.9 Å². The molecule has 0 saturated heterocycles. The average molecular weight is 262 g/mol. The van der Waals surface area contributed by atoms with Crippen molar-refractivity contribution in [1.82, 2.24) is 0 Å². The van der Waals surface area contributed by atoms with Crippen LogP contribution in [0.25, 0.3) is 0 Å². The monoisotopic (exact) mass is 262 g/mol. The van der Waals surface area contributed by atoms with Gasteiger partial charge in [-0.05, 0) is 17.5 Å². The van der Waals surface area contributed by atoms with E-state index < -0.39 is 0 Å². The number of benzene rings is 2. The summed E-state index contributed by atoms with van der Waals surface area (Å²) in [6, 6.07) is 21.1. The fourth-order valence-corrected chi connectivity index (χ4v) is 1.43. The summed E-state index contributed by atoms with van der Waals surface area (Å²) >= 11 is 0. The molecule has 0 aliphatic heterocycles. The third-order valence-corrected chi connectivity index (χ3v) is 2.09. The summed E-state index contributed by atoms with van der Waals surface area (Å²) in [5.74, 6) is 0. The van der Waals surface area contributed by atoms with Gasteiger partial charge in [-0.3, -0.25) is 0 Å². The molecule has 2 N–H and O–H groups in total. The van der Waals surface area contributed by atoms with E-state index in [9.17, 15) is 0 Å². The molecule has 2 aromatic rings. The molecular weight excluding hydrogens is 247 g/mol. The van der Waals surface area contributed by atoms with Crippen LogP contribution in [0.15, 0.2) is 60.7 Å². The first kappa shape index (κ1) is 20.1. The molecule has 20 heavy (non-hydrogen) atoms. The predicted molar refractivity (Wildman–Crippen MR) is 73.6 cm³/mol. The van der Waals surface area contributed by atoms with Gasteiger partial charge in [-0.2, -0.15) is 0 Å². The Morgan fingerprint density at radius 1 is 0.750 bits per heavy atom. The molecule has 0 bridgehead atoms. The molecule has 0 fully saturated rings. The van der Waals surface area contributed by atoms with Crippen molar-refractivity contribution in [2.24, 2.45) is 0 Å². The van der Waals surface area contributed by atoms with E-state index in [0.717, 1.165) is 18.6 Å². The van der Waals surface area contributed by atoms with Crippen LogP contribution in [0, 0.1) is 10.8 Å². The van der Waals surface area contributed by atoms with Crippen molar-refractivity contribution in [3.05, 3.63) is 71.8 Å². The molecule has 0 heterocycles. The molecule has 0 amide bonds. The quantitative estimate of drug-likeness (QED) is 0.460. The zero-order chi connectivity index (χ0) is 14.3. The molecule has 0 unspecified atom stereocenters. The summed E-state index contributed by atoms with van der Waals surface area (Å²) in [7, 11) is 0. The van der Waals surface area contributed by atoms with Crippen molar-refractivity contribution in [1.29, 1.82) is 10.8 Å². The van der Waals surface area contributed by atoms with Gasteiger partial charge in [0.2, 0.25) is 12.2 Å². The number of carbonyl (C=O) groups excluding carboxylic acids is 2. The van der Waals surface area contributed by atoms with Crippen LogP contribution in [0.3, 0.4) is 0 Å². The second-order valence-electron chi connectivity index (χ2n) is 3.35. The van der Waals surface area contributed by atoms with Crippen LogP contribution in [0.4, 0.5) is 0 Å². The molecule has 5 heteroatoms. The van der Waals surface area contributed by atoms with Crippen LogP contribution in [-0.4, -0.2) is 12.2 Å². The van der Waals surface area contributed by atoms with Gasteiger partial charge in [-0.25, -0.2) is 20.4 Å². The maximum atomic E-state index is 8.35. The molecule has 0 aliphatic carbocycles. The second kappa shape index (κ2) is 14.9. The minimum Gasteiger partial charge on any atom is -1.00 e. The van der Waals surface area contributed by atoms with Gasteiger partial charge in [-0.1, -0.05) is 60.7 Å². The third-order valence-electron chi connectivity index (χ3n) is 2.09. The smallest absolute Gasteiger partial charge is 1.00 e. The summed E-state index contributed by atoms with van der Waals surface area (Å²) in [6.07, 6.45) is 2.53. The second-order valence-corrected chi connectivity index (χ2v) is 3.35. The molecule has 4 nitrogen and oxygen atoms in total. The molecule has 0 saturated carbocycles. The topological polar surface area (TPSA) is 81.8 Å². The summed E-state index contributed by atoms with van der Waals surface area (Å²) < 4.78 is 0. The van der Waals surface area contributed by atoms with Crippen LogP contribution in [0.2, 0.25) is 0 Å². The zero-order valence-corrected chi connectivity index (χ0v) is 11.3. The Morgan fingerprint density at radius 2 is 1.00 bits per heavy atom. The third kappa shape index (κ3) is 10.9. The van der Waals surface area contributed by atoms with Gasteiger partial charge in [0, 0.05) is 0 Å². The van der Waals surface area contributed by atoms with Gasteiger partial charge in [0.05, 0.1) is 0 Å². The minimum atomic E-state index is 0. The van der Waals surface area contributed by atoms with Gasteiger partial charge in [0.1, 0.15) is 0 Å². The SMILES string of the molecule is N=C=O.N=C=O.[H-].[Li+].c1ccc(Cc2ccccc2)cc1. The molecular formula is C15H15LiN2O2. The molecule has 0 aromatic heterocycles. The van der Waals surface area contributed by atoms with Crippen LogP contribution in [0.1, 0.15) is 12.6 Å². The van der Waals surface area contributed by atoms with Crippen molar-refractivity contribution in [3.63, 3.8) is 0 Å². The van der Waals surface area contributed by atoms with Crippen LogP contribution < -0.4 is 18.9 Å². The minimum absolute atomic E-state index is 0. The number of rotatable bonds is 2. The van der Waals surface area contributed by atoms with Gasteiger partial charge >= 0.3 is 18.9 Å². The Kier molecular flexibility index (Phi) is 14.9. The van der Waals surface area contributed by atoms with Gasteiger partial charge in [-0.15, -0.1) is 0 Å². The van der Waals surface area contributed by atoms with Gasteiger partial charge in [0.15, 0.2) is 0 Å². The molecule has 0 aliphatic rings. The molecule has 2 aromatic carbocycles. The van der Waals surface area contributed by atoms with Crippen LogP contribution >= 0.6 is 0 Å². The largest absolute Gasteiger partial charge is 1.00 e. The summed E-state index contributed by atoms with van der Waals surface area (Å²) in [4.78, 5) is 16.7. The van der Waals surface area contributed by atoms with Gasteiger partial charge in [0.25, 0.3) is 0 Å².